The molecular weight excluding hydrogens is 290 g/mol. The van der Waals surface area contributed by atoms with E-state index in [0.29, 0.717) is 5.92 Å². The molecule has 0 saturated heterocycles. The average molecular weight is 315 g/mol. The molecule has 23 heavy (non-hydrogen) atoms. The molecule has 2 aromatic rings. The van der Waals surface area contributed by atoms with Crippen LogP contribution in [0.4, 0.5) is 0 Å². The van der Waals surface area contributed by atoms with Gasteiger partial charge in [-0.1, -0.05) is 12.1 Å². The van der Waals surface area contributed by atoms with Crippen LogP contribution in [0.3, 0.4) is 0 Å². The number of furan rings is 1. The van der Waals surface area contributed by atoms with Crippen LogP contribution >= 0.6 is 0 Å². The van der Waals surface area contributed by atoms with Gasteiger partial charge in [-0.3, -0.25) is 4.90 Å². The number of aryl methyl sites for hydroxylation is 2. The minimum atomic E-state index is 0.666. The molecule has 2 aromatic heterocycles. The molecule has 2 aliphatic rings. The lowest BCUT2D eigenvalue weighted by Crippen LogP contribution is -2.26. The summed E-state index contributed by atoms with van der Waals surface area (Å²) in [7, 11) is 0. The number of rotatable bonds is 8. The standard InChI is InChI=1S/C18H25N3O2/c1-12-10-16(12)17-8-7-15(22-17)11-21(14-5-6-14)9-3-4-18-19-13(2)20-23-18/h7-8,12,14,16H,3-6,9-11H2,1-2H3/t12-,16+/m1/s1. The fourth-order valence-electron chi connectivity index (χ4n) is 3.30. The molecule has 0 amide bonds. The molecule has 2 saturated carbocycles. The van der Waals surface area contributed by atoms with Crippen molar-refractivity contribution in [1.82, 2.24) is 15.0 Å². The highest BCUT2D eigenvalue weighted by atomic mass is 16.5. The van der Waals surface area contributed by atoms with Crippen molar-refractivity contribution in [1.29, 1.82) is 0 Å². The fraction of sp³-hybridized carbons (Fsp3) is 0.667. The summed E-state index contributed by atoms with van der Waals surface area (Å²) in [6.07, 6.45) is 5.81. The molecule has 124 valence electrons. The van der Waals surface area contributed by atoms with Crippen molar-refractivity contribution in [3.63, 3.8) is 0 Å². The predicted octanol–water partition coefficient (Wildman–Crippen LogP) is 3.69. The molecule has 5 nitrogen and oxygen atoms in total. The van der Waals surface area contributed by atoms with Gasteiger partial charge < -0.3 is 8.94 Å². The van der Waals surface area contributed by atoms with Gasteiger partial charge in [0.2, 0.25) is 5.89 Å². The topological polar surface area (TPSA) is 55.3 Å². The fourth-order valence-corrected chi connectivity index (χ4v) is 3.30. The lowest BCUT2D eigenvalue weighted by Gasteiger charge is -2.20. The molecule has 0 unspecified atom stereocenters. The summed E-state index contributed by atoms with van der Waals surface area (Å²) in [6, 6.07) is 5.07. The summed E-state index contributed by atoms with van der Waals surface area (Å²) < 4.78 is 11.3. The molecule has 0 aliphatic heterocycles. The zero-order valence-corrected chi connectivity index (χ0v) is 14.0. The van der Waals surface area contributed by atoms with Crippen LogP contribution in [0, 0.1) is 12.8 Å². The Labute approximate surface area is 137 Å². The lowest BCUT2D eigenvalue weighted by molar-refractivity contribution is 0.225. The summed E-state index contributed by atoms with van der Waals surface area (Å²) in [5, 5.41) is 3.85. The van der Waals surface area contributed by atoms with Crippen LogP contribution in [0.2, 0.25) is 0 Å². The van der Waals surface area contributed by atoms with Crippen LogP contribution in [-0.4, -0.2) is 27.6 Å². The van der Waals surface area contributed by atoms with E-state index >= 15 is 0 Å². The Morgan fingerprint density at radius 2 is 2.13 bits per heavy atom. The third-order valence-corrected chi connectivity index (χ3v) is 4.99. The van der Waals surface area contributed by atoms with Crippen LogP contribution in [-0.2, 0) is 13.0 Å². The predicted molar refractivity (Wildman–Crippen MR) is 86.0 cm³/mol. The van der Waals surface area contributed by atoms with Gasteiger partial charge in [0.25, 0.3) is 0 Å². The molecule has 0 N–H and O–H groups in total. The highest BCUT2D eigenvalue weighted by molar-refractivity contribution is 5.17. The van der Waals surface area contributed by atoms with Gasteiger partial charge in [-0.25, -0.2) is 0 Å². The van der Waals surface area contributed by atoms with E-state index in [4.69, 9.17) is 8.94 Å². The van der Waals surface area contributed by atoms with E-state index in [2.05, 4.69) is 34.1 Å². The van der Waals surface area contributed by atoms with Crippen molar-refractivity contribution in [2.45, 2.75) is 64.5 Å². The summed E-state index contributed by atoms with van der Waals surface area (Å²) in [5.74, 6) is 5.23. The zero-order chi connectivity index (χ0) is 15.8. The van der Waals surface area contributed by atoms with Gasteiger partial charge in [-0.2, -0.15) is 4.98 Å². The monoisotopic (exact) mass is 315 g/mol. The van der Waals surface area contributed by atoms with E-state index in [0.717, 1.165) is 55.4 Å². The van der Waals surface area contributed by atoms with E-state index in [-0.39, 0.29) is 0 Å². The Morgan fingerprint density at radius 3 is 2.78 bits per heavy atom. The van der Waals surface area contributed by atoms with Gasteiger partial charge in [0.15, 0.2) is 5.82 Å². The molecule has 2 aliphatic carbocycles. The molecule has 0 aromatic carbocycles. The summed E-state index contributed by atoms with van der Waals surface area (Å²) in [4.78, 5) is 6.82. The second-order valence-electron chi connectivity index (χ2n) is 7.16. The van der Waals surface area contributed by atoms with Crippen molar-refractivity contribution < 1.29 is 8.94 Å². The second kappa shape index (κ2) is 6.11. The van der Waals surface area contributed by atoms with Gasteiger partial charge in [-0.05, 0) is 57.2 Å². The van der Waals surface area contributed by atoms with Gasteiger partial charge in [-0.15, -0.1) is 0 Å². The summed E-state index contributed by atoms with van der Waals surface area (Å²) in [6.45, 7) is 6.14. The first-order valence-electron chi connectivity index (χ1n) is 8.81. The van der Waals surface area contributed by atoms with Crippen LogP contribution in [0.1, 0.15) is 61.8 Å². The molecule has 2 heterocycles. The molecule has 2 fully saturated rings. The van der Waals surface area contributed by atoms with E-state index in [1.807, 2.05) is 6.92 Å². The Bertz CT molecular complexity index is 659. The third-order valence-electron chi connectivity index (χ3n) is 4.99. The second-order valence-corrected chi connectivity index (χ2v) is 7.16. The summed E-state index contributed by atoms with van der Waals surface area (Å²) in [5.41, 5.74) is 0. The molecule has 0 bridgehead atoms. The smallest absolute Gasteiger partial charge is 0.226 e. The molecule has 4 rings (SSSR count). The molecule has 0 spiro atoms. The minimum absolute atomic E-state index is 0.666. The number of hydrogen-bond donors (Lipinski definition) is 0. The number of nitrogens with zero attached hydrogens (tertiary/aromatic N) is 3. The SMILES string of the molecule is Cc1noc(CCCN(Cc2ccc([C@H]3C[C@H]3C)o2)C2CC2)n1. The van der Waals surface area contributed by atoms with E-state index in [9.17, 15) is 0 Å². The van der Waals surface area contributed by atoms with Crippen molar-refractivity contribution in [3.8, 4) is 0 Å². The van der Waals surface area contributed by atoms with E-state index in [1.54, 1.807) is 0 Å². The highest BCUT2D eigenvalue weighted by Gasteiger charge is 2.37. The van der Waals surface area contributed by atoms with Gasteiger partial charge in [0.1, 0.15) is 11.5 Å². The third kappa shape index (κ3) is 3.66. The molecule has 0 radical (unpaired) electrons. The number of aromatic nitrogens is 2. The zero-order valence-electron chi connectivity index (χ0n) is 14.0. The largest absolute Gasteiger partial charge is 0.464 e. The van der Waals surface area contributed by atoms with Gasteiger partial charge >= 0.3 is 0 Å². The Hall–Kier alpha value is -1.62. The molecule has 2 atom stereocenters. The normalized spacial score (nSPS) is 23.6. The summed E-state index contributed by atoms with van der Waals surface area (Å²) >= 11 is 0. The Kier molecular flexibility index (Phi) is 3.97. The minimum Gasteiger partial charge on any atom is -0.464 e. The van der Waals surface area contributed by atoms with Crippen molar-refractivity contribution >= 4 is 0 Å². The van der Waals surface area contributed by atoms with Gasteiger partial charge in [0, 0.05) is 18.4 Å². The van der Waals surface area contributed by atoms with Crippen LogP contribution < -0.4 is 0 Å². The average Bonchev–Trinajstić information content (AvgIpc) is 3.41. The van der Waals surface area contributed by atoms with Crippen LogP contribution in [0.25, 0.3) is 0 Å². The first-order valence-corrected chi connectivity index (χ1v) is 8.81. The first-order chi connectivity index (χ1) is 11.2. The van der Waals surface area contributed by atoms with Crippen molar-refractivity contribution in [2.24, 2.45) is 5.92 Å². The Balaban J connectivity index is 1.30. The van der Waals surface area contributed by atoms with Crippen molar-refractivity contribution in [2.75, 3.05) is 6.54 Å². The highest BCUT2D eigenvalue weighted by Crippen LogP contribution is 2.47. The maximum Gasteiger partial charge on any atom is 0.226 e. The first kappa shape index (κ1) is 14.9. The van der Waals surface area contributed by atoms with Crippen LogP contribution in [0.15, 0.2) is 21.1 Å². The maximum absolute atomic E-state index is 6.07. The molecular formula is C18H25N3O2. The molecule has 5 heteroatoms. The number of hydrogen-bond acceptors (Lipinski definition) is 5. The van der Waals surface area contributed by atoms with Gasteiger partial charge in [0.05, 0.1) is 6.54 Å². The maximum atomic E-state index is 6.07. The van der Waals surface area contributed by atoms with Crippen LogP contribution in [0.5, 0.6) is 0 Å². The van der Waals surface area contributed by atoms with E-state index < -0.39 is 0 Å². The lowest BCUT2D eigenvalue weighted by atomic mass is 10.2. The van der Waals surface area contributed by atoms with Crippen molar-refractivity contribution in [3.05, 3.63) is 35.4 Å². The quantitative estimate of drug-likeness (QED) is 0.743. The van der Waals surface area contributed by atoms with E-state index in [1.165, 1.54) is 25.0 Å². The Morgan fingerprint density at radius 1 is 1.30 bits per heavy atom.